The van der Waals surface area contributed by atoms with Gasteiger partial charge in [0.1, 0.15) is 5.76 Å². The minimum atomic E-state index is -1.00. The molecule has 3 heterocycles. The van der Waals surface area contributed by atoms with E-state index in [0.717, 1.165) is 24.8 Å². The first-order valence-electron chi connectivity index (χ1n) is 14.0. The van der Waals surface area contributed by atoms with Gasteiger partial charge in [-0.1, -0.05) is 78.8 Å². The maximum atomic E-state index is 13.7. The zero-order valence-electron chi connectivity index (χ0n) is 24.5. The van der Waals surface area contributed by atoms with Gasteiger partial charge in [0, 0.05) is 5.75 Å². The number of aryl methyl sites for hydroxylation is 2. The van der Waals surface area contributed by atoms with E-state index in [1.807, 2.05) is 6.92 Å². The second-order valence-electron chi connectivity index (χ2n) is 10.2. The molecule has 2 aromatic heterocycles. The molecule has 43 heavy (non-hydrogen) atoms. The Kier molecular flexibility index (Phi) is 9.52. The van der Waals surface area contributed by atoms with Gasteiger partial charge < -0.3 is 19.0 Å². The van der Waals surface area contributed by atoms with E-state index >= 15 is 0 Å². The number of nitrogens with zero attached hydrogens (tertiary/aromatic N) is 3. The fourth-order valence-electron chi connectivity index (χ4n) is 4.73. The summed E-state index contributed by atoms with van der Waals surface area (Å²) < 4.78 is 17.8. The first-order valence-corrected chi connectivity index (χ1v) is 15.8. The number of unbranched alkanes of at least 4 members (excludes halogenated alkanes) is 2. The Morgan fingerprint density at radius 2 is 1.86 bits per heavy atom. The van der Waals surface area contributed by atoms with Crippen molar-refractivity contribution in [3.8, 4) is 11.5 Å². The van der Waals surface area contributed by atoms with Crippen molar-refractivity contribution in [3.05, 3.63) is 94.1 Å². The monoisotopic (exact) mass is 619 g/mol. The highest BCUT2D eigenvalue weighted by Gasteiger charge is 2.47. The van der Waals surface area contributed by atoms with Gasteiger partial charge in [-0.2, -0.15) is 0 Å². The summed E-state index contributed by atoms with van der Waals surface area (Å²) in [5.41, 5.74) is 2.74. The van der Waals surface area contributed by atoms with E-state index in [-0.39, 0.29) is 16.5 Å². The molecule has 224 valence electrons. The quantitative estimate of drug-likeness (QED) is 0.0707. The fraction of sp³-hybridized carbons (Fsp3) is 0.312. The van der Waals surface area contributed by atoms with Crippen LogP contribution < -0.4 is 14.4 Å². The number of amides is 1. The van der Waals surface area contributed by atoms with Crippen molar-refractivity contribution >= 4 is 39.9 Å². The SMILES string of the molecule is CCCCCOc1ccc(C2C(C(=O)c3ccc(C)o3)=C(O)C(=O)N2c2nnc(SCc3ccc(C)cc3)s2)cc1OC. The van der Waals surface area contributed by atoms with Crippen LogP contribution in [-0.4, -0.2) is 40.7 Å². The molecule has 1 N–H and O–H groups in total. The molecule has 0 radical (unpaired) electrons. The van der Waals surface area contributed by atoms with E-state index in [2.05, 4.69) is 41.4 Å². The van der Waals surface area contributed by atoms with Crippen molar-refractivity contribution in [2.24, 2.45) is 0 Å². The average molecular weight is 620 g/mol. The largest absolute Gasteiger partial charge is 0.503 e. The maximum Gasteiger partial charge on any atom is 0.296 e. The lowest BCUT2D eigenvalue weighted by Gasteiger charge is -2.24. The van der Waals surface area contributed by atoms with E-state index in [4.69, 9.17) is 13.9 Å². The van der Waals surface area contributed by atoms with Gasteiger partial charge in [0.25, 0.3) is 5.91 Å². The summed E-state index contributed by atoms with van der Waals surface area (Å²) in [5.74, 6) is 0.220. The number of hydrogen-bond acceptors (Lipinski definition) is 10. The number of aliphatic hydroxyl groups excluding tert-OH is 1. The molecular formula is C32H33N3O6S2. The number of ketones is 1. The van der Waals surface area contributed by atoms with E-state index in [0.29, 0.717) is 39.5 Å². The molecule has 2 aromatic carbocycles. The number of hydrogen-bond donors (Lipinski definition) is 1. The van der Waals surface area contributed by atoms with Gasteiger partial charge in [0.05, 0.1) is 25.3 Å². The molecule has 0 spiro atoms. The number of carbonyl (C=O) groups excluding carboxylic acids is 2. The van der Waals surface area contributed by atoms with Crippen LogP contribution in [0.2, 0.25) is 0 Å². The number of aromatic nitrogens is 2. The number of thioether (sulfide) groups is 1. The van der Waals surface area contributed by atoms with Crippen LogP contribution >= 0.6 is 23.1 Å². The van der Waals surface area contributed by atoms with E-state index in [9.17, 15) is 14.7 Å². The summed E-state index contributed by atoms with van der Waals surface area (Å²) >= 11 is 2.71. The Bertz CT molecular complexity index is 1640. The van der Waals surface area contributed by atoms with Crippen LogP contribution in [-0.2, 0) is 10.5 Å². The number of Topliss-reactive ketones (excluding diaryl/α,β-unsaturated/α-hetero) is 1. The molecule has 0 bridgehead atoms. The van der Waals surface area contributed by atoms with Crippen LogP contribution in [0.15, 0.2) is 74.7 Å². The molecule has 5 rings (SSSR count). The topological polar surface area (TPSA) is 115 Å². The molecule has 1 unspecified atom stereocenters. The number of anilines is 1. The lowest BCUT2D eigenvalue weighted by Crippen LogP contribution is -2.31. The van der Waals surface area contributed by atoms with Crippen LogP contribution in [0.4, 0.5) is 5.13 Å². The summed E-state index contributed by atoms with van der Waals surface area (Å²) in [4.78, 5) is 28.6. The van der Waals surface area contributed by atoms with Gasteiger partial charge in [-0.15, -0.1) is 10.2 Å². The van der Waals surface area contributed by atoms with Crippen LogP contribution in [0.5, 0.6) is 11.5 Å². The zero-order chi connectivity index (χ0) is 30.5. The Morgan fingerprint density at radius 1 is 1.07 bits per heavy atom. The normalized spacial score (nSPS) is 14.9. The molecule has 1 aliphatic rings. The number of rotatable bonds is 13. The van der Waals surface area contributed by atoms with Crippen molar-refractivity contribution in [1.82, 2.24) is 10.2 Å². The molecule has 4 aromatic rings. The van der Waals surface area contributed by atoms with Gasteiger partial charge in [-0.3, -0.25) is 14.5 Å². The lowest BCUT2D eigenvalue weighted by atomic mass is 9.95. The first-order chi connectivity index (χ1) is 20.8. The summed E-state index contributed by atoms with van der Waals surface area (Å²) in [6.07, 6.45) is 3.03. The molecule has 1 aliphatic heterocycles. The third kappa shape index (κ3) is 6.62. The van der Waals surface area contributed by atoms with Crippen molar-refractivity contribution in [1.29, 1.82) is 0 Å². The van der Waals surface area contributed by atoms with Gasteiger partial charge in [-0.05, 0) is 55.7 Å². The number of carbonyl (C=O) groups is 2. The van der Waals surface area contributed by atoms with E-state index in [1.54, 1.807) is 31.2 Å². The zero-order valence-corrected chi connectivity index (χ0v) is 26.1. The Balaban J connectivity index is 1.49. The lowest BCUT2D eigenvalue weighted by molar-refractivity contribution is -0.117. The Morgan fingerprint density at radius 3 is 2.56 bits per heavy atom. The average Bonchev–Trinajstić information content (AvgIpc) is 3.73. The second-order valence-corrected chi connectivity index (χ2v) is 12.3. The highest BCUT2D eigenvalue weighted by Crippen LogP contribution is 2.45. The van der Waals surface area contributed by atoms with Gasteiger partial charge in [0.2, 0.25) is 10.9 Å². The Labute approximate surface area is 258 Å². The van der Waals surface area contributed by atoms with Crippen LogP contribution in [0, 0.1) is 13.8 Å². The molecule has 0 fully saturated rings. The molecule has 0 saturated carbocycles. The molecule has 1 atom stereocenters. The van der Waals surface area contributed by atoms with Crippen LogP contribution in [0.3, 0.4) is 0 Å². The number of ether oxygens (including phenoxy) is 2. The molecule has 1 amide bonds. The van der Waals surface area contributed by atoms with Crippen LogP contribution in [0.1, 0.15) is 65.2 Å². The van der Waals surface area contributed by atoms with Gasteiger partial charge in [-0.25, -0.2) is 0 Å². The predicted octanol–water partition coefficient (Wildman–Crippen LogP) is 7.40. The minimum Gasteiger partial charge on any atom is -0.503 e. The molecule has 0 saturated heterocycles. The molecule has 0 aliphatic carbocycles. The summed E-state index contributed by atoms with van der Waals surface area (Å²) in [6, 6.07) is 15.6. The number of methoxy groups -OCH3 is 1. The first kappa shape index (κ1) is 30.4. The van der Waals surface area contributed by atoms with Crippen molar-refractivity contribution < 1.29 is 28.6 Å². The third-order valence-electron chi connectivity index (χ3n) is 7.01. The third-order valence-corrected chi connectivity index (χ3v) is 9.14. The summed E-state index contributed by atoms with van der Waals surface area (Å²) in [6.45, 7) is 6.42. The van der Waals surface area contributed by atoms with Gasteiger partial charge >= 0.3 is 0 Å². The Hall–Kier alpha value is -4.09. The summed E-state index contributed by atoms with van der Waals surface area (Å²) in [5, 5.41) is 20.0. The standard InChI is InChI=1S/C32H33N3O6S2/c1-5-6-7-16-40-23-15-13-22(17-25(23)39-4)27-26(28(36)24-14-10-20(3)41-24)29(37)30(38)35(27)31-33-34-32(43-31)42-18-21-11-8-19(2)9-12-21/h8-15,17,27,37H,5-7,16,18H2,1-4H3. The van der Waals surface area contributed by atoms with Gasteiger partial charge in [0.15, 0.2) is 27.4 Å². The predicted molar refractivity (Wildman–Crippen MR) is 166 cm³/mol. The highest BCUT2D eigenvalue weighted by molar-refractivity contribution is 8.00. The minimum absolute atomic E-state index is 0.0214. The molecule has 11 heteroatoms. The number of benzene rings is 2. The van der Waals surface area contributed by atoms with E-state index < -0.39 is 23.5 Å². The number of aliphatic hydroxyl groups is 1. The number of furan rings is 1. The fourth-order valence-corrected chi connectivity index (χ4v) is 6.56. The summed E-state index contributed by atoms with van der Waals surface area (Å²) in [7, 11) is 1.53. The van der Waals surface area contributed by atoms with Crippen LogP contribution in [0.25, 0.3) is 0 Å². The smallest absolute Gasteiger partial charge is 0.296 e. The highest BCUT2D eigenvalue weighted by atomic mass is 32.2. The second kappa shape index (κ2) is 13.5. The molecule has 9 nitrogen and oxygen atoms in total. The van der Waals surface area contributed by atoms with Crippen molar-refractivity contribution in [2.75, 3.05) is 18.6 Å². The van der Waals surface area contributed by atoms with E-state index in [1.165, 1.54) is 46.7 Å². The van der Waals surface area contributed by atoms with Crippen molar-refractivity contribution in [3.63, 3.8) is 0 Å². The van der Waals surface area contributed by atoms with Crippen molar-refractivity contribution in [2.45, 2.75) is 56.2 Å². The maximum absolute atomic E-state index is 13.7. The molecular weight excluding hydrogens is 587 g/mol.